The molecule has 2 rings (SSSR count). The van der Waals surface area contributed by atoms with Gasteiger partial charge in [-0.2, -0.15) is 0 Å². The highest BCUT2D eigenvalue weighted by molar-refractivity contribution is 5.47. The number of piperazine rings is 1. The summed E-state index contributed by atoms with van der Waals surface area (Å²) >= 11 is 0. The fraction of sp³-hybridized carbons (Fsp3) is 0.625. The van der Waals surface area contributed by atoms with E-state index in [4.69, 9.17) is 0 Å². The number of hydrogen-bond acceptors (Lipinski definition) is 4. The molecule has 7 heteroatoms. The number of nitrogens with zero attached hydrogens (tertiary/aromatic N) is 1. The number of rotatable bonds is 3. The van der Waals surface area contributed by atoms with Crippen LogP contribution in [0.15, 0.2) is 18.2 Å². The summed E-state index contributed by atoms with van der Waals surface area (Å²) in [5.41, 5.74) is 0.201. The van der Waals surface area contributed by atoms with Crippen LogP contribution in [0.3, 0.4) is 0 Å². The molecular formula is C16H23F3N2O2. The highest BCUT2D eigenvalue weighted by Crippen LogP contribution is 2.45. The Morgan fingerprint density at radius 2 is 1.78 bits per heavy atom. The van der Waals surface area contributed by atoms with Gasteiger partial charge in [-0.3, -0.25) is 4.90 Å². The summed E-state index contributed by atoms with van der Waals surface area (Å²) in [7, 11) is 0. The standard InChI is InChI=1S/C16H23F3N2O2/c1-15(2,3)14(21-9-7-20-8-10-21)11-5-4-6-12(13(11)22)23-16(17,18)19/h4-6,14,20,22H,7-10H2,1-3H3/t14-/m0/s1. The van der Waals surface area contributed by atoms with Crippen molar-refractivity contribution in [3.8, 4) is 11.5 Å². The van der Waals surface area contributed by atoms with E-state index in [1.807, 2.05) is 20.8 Å². The van der Waals surface area contributed by atoms with Crippen LogP contribution >= 0.6 is 0 Å². The molecule has 1 atom stereocenters. The van der Waals surface area contributed by atoms with Gasteiger partial charge in [0.2, 0.25) is 0 Å². The number of phenols is 1. The van der Waals surface area contributed by atoms with Gasteiger partial charge in [-0.15, -0.1) is 13.2 Å². The lowest BCUT2D eigenvalue weighted by atomic mass is 9.80. The second kappa shape index (κ2) is 6.57. The number of nitrogens with one attached hydrogen (secondary N) is 1. The van der Waals surface area contributed by atoms with Gasteiger partial charge in [0.15, 0.2) is 11.5 Å². The third-order valence-corrected chi connectivity index (χ3v) is 3.89. The number of phenolic OH excluding ortho intramolecular Hbond substituents is 1. The third kappa shape index (κ3) is 4.51. The van der Waals surface area contributed by atoms with Gasteiger partial charge in [0.25, 0.3) is 0 Å². The van der Waals surface area contributed by atoms with Gasteiger partial charge in [0.05, 0.1) is 0 Å². The predicted octanol–water partition coefficient (Wildman–Crippen LogP) is 3.28. The molecule has 1 aromatic carbocycles. The Morgan fingerprint density at radius 1 is 1.17 bits per heavy atom. The minimum Gasteiger partial charge on any atom is -0.504 e. The Balaban J connectivity index is 2.40. The summed E-state index contributed by atoms with van der Waals surface area (Å²) in [5, 5.41) is 13.6. The summed E-state index contributed by atoms with van der Waals surface area (Å²) in [6.45, 7) is 9.19. The van der Waals surface area contributed by atoms with Gasteiger partial charge in [-0.1, -0.05) is 32.9 Å². The highest BCUT2D eigenvalue weighted by Gasteiger charge is 2.37. The summed E-state index contributed by atoms with van der Waals surface area (Å²) < 4.78 is 41.4. The maximum Gasteiger partial charge on any atom is 0.573 e. The number of halogens is 3. The van der Waals surface area contributed by atoms with Crippen LogP contribution in [-0.4, -0.2) is 42.5 Å². The Kier molecular flexibility index (Phi) is 5.10. The van der Waals surface area contributed by atoms with Crippen molar-refractivity contribution in [1.29, 1.82) is 0 Å². The normalized spacial score (nSPS) is 18.7. The topological polar surface area (TPSA) is 44.7 Å². The van der Waals surface area contributed by atoms with Crippen LogP contribution in [0.25, 0.3) is 0 Å². The van der Waals surface area contributed by atoms with Gasteiger partial charge < -0.3 is 15.2 Å². The van der Waals surface area contributed by atoms with Crippen molar-refractivity contribution in [2.45, 2.75) is 33.2 Å². The maximum absolute atomic E-state index is 12.5. The van der Waals surface area contributed by atoms with Crippen LogP contribution in [0.4, 0.5) is 13.2 Å². The number of benzene rings is 1. The van der Waals surface area contributed by atoms with Gasteiger partial charge in [-0.25, -0.2) is 0 Å². The van der Waals surface area contributed by atoms with Crippen LogP contribution in [0.5, 0.6) is 11.5 Å². The molecule has 1 heterocycles. The van der Waals surface area contributed by atoms with E-state index in [0.29, 0.717) is 5.56 Å². The lowest BCUT2D eigenvalue weighted by molar-refractivity contribution is -0.275. The van der Waals surface area contributed by atoms with E-state index in [1.165, 1.54) is 6.07 Å². The molecule has 1 fully saturated rings. The first-order chi connectivity index (χ1) is 10.6. The molecule has 0 bridgehead atoms. The van der Waals surface area contributed by atoms with Crippen LogP contribution in [-0.2, 0) is 0 Å². The van der Waals surface area contributed by atoms with E-state index in [2.05, 4.69) is 15.0 Å². The highest BCUT2D eigenvalue weighted by atomic mass is 19.4. The van der Waals surface area contributed by atoms with E-state index >= 15 is 0 Å². The SMILES string of the molecule is CC(C)(C)[C@H](c1cccc(OC(F)(F)F)c1O)N1CCNCC1. The summed E-state index contributed by atoms with van der Waals surface area (Å²) in [6.07, 6.45) is -4.83. The van der Waals surface area contributed by atoms with E-state index in [9.17, 15) is 18.3 Å². The zero-order valence-electron chi connectivity index (χ0n) is 13.6. The number of aromatic hydroxyl groups is 1. The van der Waals surface area contributed by atoms with Gasteiger partial charge in [0.1, 0.15) is 0 Å². The molecule has 23 heavy (non-hydrogen) atoms. The second-order valence-electron chi connectivity index (χ2n) is 6.80. The predicted molar refractivity (Wildman–Crippen MR) is 81.4 cm³/mol. The van der Waals surface area contributed by atoms with Crippen molar-refractivity contribution in [3.63, 3.8) is 0 Å². The molecule has 4 nitrogen and oxygen atoms in total. The molecule has 1 saturated heterocycles. The average molecular weight is 332 g/mol. The fourth-order valence-corrected chi connectivity index (χ4v) is 3.12. The number of ether oxygens (including phenoxy) is 1. The first-order valence-electron chi connectivity index (χ1n) is 7.62. The van der Waals surface area contributed by atoms with E-state index < -0.39 is 17.9 Å². The molecule has 2 N–H and O–H groups in total. The van der Waals surface area contributed by atoms with Crippen LogP contribution in [0, 0.1) is 5.41 Å². The minimum atomic E-state index is -4.83. The van der Waals surface area contributed by atoms with Crippen LogP contribution in [0.2, 0.25) is 0 Å². The fourth-order valence-electron chi connectivity index (χ4n) is 3.12. The Labute approximate surface area is 134 Å². The van der Waals surface area contributed by atoms with Crippen molar-refractivity contribution >= 4 is 0 Å². The first kappa shape index (κ1) is 17.9. The Hall–Kier alpha value is -1.47. The van der Waals surface area contributed by atoms with E-state index in [-0.39, 0.29) is 11.5 Å². The monoisotopic (exact) mass is 332 g/mol. The van der Waals surface area contributed by atoms with Crippen LogP contribution < -0.4 is 10.1 Å². The molecule has 130 valence electrons. The average Bonchev–Trinajstić information content (AvgIpc) is 2.41. The van der Waals surface area contributed by atoms with Crippen molar-refractivity contribution in [1.82, 2.24) is 10.2 Å². The van der Waals surface area contributed by atoms with Gasteiger partial charge >= 0.3 is 6.36 Å². The molecule has 0 radical (unpaired) electrons. The lowest BCUT2D eigenvalue weighted by Crippen LogP contribution is -2.48. The Bertz CT molecular complexity index is 535. The largest absolute Gasteiger partial charge is 0.573 e. The lowest BCUT2D eigenvalue weighted by Gasteiger charge is -2.42. The smallest absolute Gasteiger partial charge is 0.504 e. The molecule has 1 aliphatic heterocycles. The number of para-hydroxylation sites is 1. The second-order valence-corrected chi connectivity index (χ2v) is 6.80. The Morgan fingerprint density at radius 3 is 2.30 bits per heavy atom. The molecule has 0 unspecified atom stereocenters. The molecule has 0 aliphatic carbocycles. The van der Waals surface area contributed by atoms with Crippen LogP contribution in [0.1, 0.15) is 32.4 Å². The molecule has 0 saturated carbocycles. The third-order valence-electron chi connectivity index (χ3n) is 3.89. The minimum absolute atomic E-state index is 0.207. The van der Waals surface area contributed by atoms with Crippen molar-refractivity contribution in [3.05, 3.63) is 23.8 Å². The molecule has 1 aromatic rings. The zero-order valence-corrected chi connectivity index (χ0v) is 13.6. The quantitative estimate of drug-likeness (QED) is 0.892. The van der Waals surface area contributed by atoms with Crippen molar-refractivity contribution < 1.29 is 23.0 Å². The summed E-state index contributed by atoms with van der Waals surface area (Å²) in [6, 6.07) is 4.07. The molecule has 1 aliphatic rings. The molecular weight excluding hydrogens is 309 g/mol. The molecule has 0 spiro atoms. The first-order valence-corrected chi connectivity index (χ1v) is 7.62. The van der Waals surface area contributed by atoms with Crippen molar-refractivity contribution in [2.75, 3.05) is 26.2 Å². The summed E-state index contributed by atoms with van der Waals surface area (Å²) in [4.78, 5) is 2.18. The summed E-state index contributed by atoms with van der Waals surface area (Å²) in [5.74, 6) is -0.998. The molecule has 0 aromatic heterocycles. The number of hydrogen-bond donors (Lipinski definition) is 2. The molecule has 0 amide bonds. The van der Waals surface area contributed by atoms with E-state index in [1.54, 1.807) is 6.07 Å². The van der Waals surface area contributed by atoms with Crippen molar-refractivity contribution in [2.24, 2.45) is 5.41 Å². The zero-order chi connectivity index (χ0) is 17.3. The van der Waals surface area contributed by atoms with Gasteiger partial charge in [0, 0.05) is 37.8 Å². The number of alkyl halides is 3. The van der Waals surface area contributed by atoms with Gasteiger partial charge in [-0.05, 0) is 11.5 Å². The maximum atomic E-state index is 12.5. The van der Waals surface area contributed by atoms with E-state index in [0.717, 1.165) is 32.2 Å².